The molecule has 1 heteroatoms. The van der Waals surface area contributed by atoms with Crippen molar-refractivity contribution in [2.75, 3.05) is 0 Å². The van der Waals surface area contributed by atoms with Gasteiger partial charge in [-0.15, -0.1) is 0 Å². The van der Waals surface area contributed by atoms with E-state index in [0.29, 0.717) is 12.3 Å². The van der Waals surface area contributed by atoms with Crippen molar-refractivity contribution in [2.45, 2.75) is 47.0 Å². The Bertz CT molecular complexity index is 300. The van der Waals surface area contributed by atoms with Crippen molar-refractivity contribution in [3.05, 3.63) is 35.4 Å². The van der Waals surface area contributed by atoms with Crippen LogP contribution in [0.5, 0.6) is 0 Å². The standard InChI is InChI=1S/C12H16O.C2H6/c1-4-12(13)11-7-5-6-10(8-11)9(2)3;1-2/h5-9H,4H2,1-3H3;1-2H3. The molecule has 15 heavy (non-hydrogen) atoms. The van der Waals surface area contributed by atoms with Crippen molar-refractivity contribution in [1.29, 1.82) is 0 Å². The van der Waals surface area contributed by atoms with Gasteiger partial charge in [-0.3, -0.25) is 4.79 Å². The third kappa shape index (κ3) is 4.28. The summed E-state index contributed by atoms with van der Waals surface area (Å²) >= 11 is 0. The molecule has 0 radical (unpaired) electrons. The smallest absolute Gasteiger partial charge is 0.162 e. The largest absolute Gasteiger partial charge is 0.294 e. The minimum atomic E-state index is 0.225. The Morgan fingerprint density at radius 2 is 1.87 bits per heavy atom. The number of rotatable bonds is 3. The van der Waals surface area contributed by atoms with Crippen LogP contribution in [0, 0.1) is 0 Å². The summed E-state index contributed by atoms with van der Waals surface area (Å²) in [4.78, 5) is 11.4. The molecule has 1 nitrogen and oxygen atoms in total. The van der Waals surface area contributed by atoms with Crippen LogP contribution in [0.25, 0.3) is 0 Å². The third-order valence-electron chi connectivity index (χ3n) is 2.20. The lowest BCUT2D eigenvalue weighted by Gasteiger charge is -2.06. The van der Waals surface area contributed by atoms with E-state index >= 15 is 0 Å². The maximum atomic E-state index is 11.4. The Morgan fingerprint density at radius 3 is 2.33 bits per heavy atom. The summed E-state index contributed by atoms with van der Waals surface area (Å²) in [5, 5.41) is 0. The predicted octanol–water partition coefficient (Wildman–Crippen LogP) is 4.43. The molecule has 1 rings (SSSR count). The van der Waals surface area contributed by atoms with Crippen LogP contribution in [0.2, 0.25) is 0 Å². The molecule has 0 bridgehead atoms. The van der Waals surface area contributed by atoms with Crippen LogP contribution >= 0.6 is 0 Å². The van der Waals surface area contributed by atoms with Crippen LogP contribution in [0.4, 0.5) is 0 Å². The molecule has 0 atom stereocenters. The van der Waals surface area contributed by atoms with Crippen molar-refractivity contribution in [3.63, 3.8) is 0 Å². The number of hydrogen-bond acceptors (Lipinski definition) is 1. The van der Waals surface area contributed by atoms with Gasteiger partial charge in [-0.25, -0.2) is 0 Å². The van der Waals surface area contributed by atoms with Gasteiger partial charge >= 0.3 is 0 Å². The second-order valence-electron chi connectivity index (χ2n) is 3.56. The monoisotopic (exact) mass is 206 g/mol. The van der Waals surface area contributed by atoms with Crippen molar-refractivity contribution >= 4 is 5.78 Å². The quantitative estimate of drug-likeness (QED) is 0.669. The van der Waals surface area contributed by atoms with Gasteiger partial charge in [0.05, 0.1) is 0 Å². The number of Topliss-reactive ketones (excluding diaryl/α,β-unsaturated/α-hetero) is 1. The second kappa shape index (κ2) is 7.22. The number of ketones is 1. The molecule has 0 aliphatic heterocycles. The minimum absolute atomic E-state index is 0.225. The van der Waals surface area contributed by atoms with Crippen LogP contribution in [0.15, 0.2) is 24.3 Å². The lowest BCUT2D eigenvalue weighted by Crippen LogP contribution is -1.98. The molecule has 0 heterocycles. The number of benzene rings is 1. The highest BCUT2D eigenvalue weighted by molar-refractivity contribution is 5.95. The topological polar surface area (TPSA) is 17.1 Å². The molecule has 0 saturated carbocycles. The highest BCUT2D eigenvalue weighted by atomic mass is 16.1. The van der Waals surface area contributed by atoms with E-state index in [9.17, 15) is 4.79 Å². The molecule has 0 spiro atoms. The molecule has 0 N–H and O–H groups in total. The zero-order valence-corrected chi connectivity index (χ0v) is 10.5. The second-order valence-corrected chi connectivity index (χ2v) is 3.56. The molecule has 1 aromatic carbocycles. The highest BCUT2D eigenvalue weighted by Crippen LogP contribution is 2.16. The van der Waals surface area contributed by atoms with E-state index in [1.807, 2.05) is 39.0 Å². The highest BCUT2D eigenvalue weighted by Gasteiger charge is 2.04. The first-order chi connectivity index (χ1) is 7.15. The summed E-state index contributed by atoms with van der Waals surface area (Å²) in [6.45, 7) is 10.2. The Labute approximate surface area is 93.5 Å². The van der Waals surface area contributed by atoms with E-state index in [1.165, 1.54) is 5.56 Å². The Kier molecular flexibility index (Phi) is 6.68. The molecule has 84 valence electrons. The lowest BCUT2D eigenvalue weighted by atomic mass is 9.99. The summed E-state index contributed by atoms with van der Waals surface area (Å²) in [5.41, 5.74) is 2.08. The summed E-state index contributed by atoms with van der Waals surface area (Å²) < 4.78 is 0. The molecule has 0 fully saturated rings. The first kappa shape index (κ1) is 13.9. The third-order valence-corrected chi connectivity index (χ3v) is 2.20. The van der Waals surface area contributed by atoms with Crippen LogP contribution in [0.3, 0.4) is 0 Å². The van der Waals surface area contributed by atoms with Crippen LogP contribution in [-0.2, 0) is 0 Å². The molecule has 0 unspecified atom stereocenters. The van der Waals surface area contributed by atoms with E-state index in [4.69, 9.17) is 0 Å². The molecule has 0 aliphatic carbocycles. The first-order valence-corrected chi connectivity index (χ1v) is 5.78. The molecule has 0 aromatic heterocycles. The molecular weight excluding hydrogens is 184 g/mol. The summed E-state index contributed by atoms with van der Waals surface area (Å²) in [7, 11) is 0. The van der Waals surface area contributed by atoms with Gasteiger partial charge in [-0.2, -0.15) is 0 Å². The van der Waals surface area contributed by atoms with Gasteiger partial charge in [0, 0.05) is 12.0 Å². The van der Waals surface area contributed by atoms with E-state index < -0.39 is 0 Å². The molecule has 0 amide bonds. The van der Waals surface area contributed by atoms with Crippen molar-refractivity contribution in [1.82, 2.24) is 0 Å². The van der Waals surface area contributed by atoms with Gasteiger partial charge in [-0.1, -0.05) is 52.8 Å². The van der Waals surface area contributed by atoms with Gasteiger partial charge < -0.3 is 0 Å². The summed E-state index contributed by atoms with van der Waals surface area (Å²) in [6, 6.07) is 7.91. The molecule has 0 aliphatic rings. The van der Waals surface area contributed by atoms with Crippen molar-refractivity contribution in [2.24, 2.45) is 0 Å². The maximum absolute atomic E-state index is 11.4. The molecule has 0 saturated heterocycles. The van der Waals surface area contributed by atoms with Gasteiger partial charge in [0.2, 0.25) is 0 Å². The fourth-order valence-electron chi connectivity index (χ4n) is 1.28. The van der Waals surface area contributed by atoms with E-state index in [2.05, 4.69) is 19.9 Å². The normalized spacial score (nSPS) is 9.47. The van der Waals surface area contributed by atoms with Gasteiger partial charge in [0.25, 0.3) is 0 Å². The number of hydrogen-bond donors (Lipinski definition) is 0. The fourth-order valence-corrected chi connectivity index (χ4v) is 1.28. The average molecular weight is 206 g/mol. The van der Waals surface area contributed by atoms with Crippen molar-refractivity contribution < 1.29 is 4.79 Å². The predicted molar refractivity (Wildman–Crippen MR) is 66.5 cm³/mol. The van der Waals surface area contributed by atoms with E-state index in [-0.39, 0.29) is 5.78 Å². The molecular formula is C14H22O. The Balaban J connectivity index is 0.000000921. The van der Waals surface area contributed by atoms with Crippen LogP contribution in [0.1, 0.15) is 62.9 Å². The molecule has 1 aromatic rings. The Hall–Kier alpha value is -1.11. The fraction of sp³-hybridized carbons (Fsp3) is 0.500. The van der Waals surface area contributed by atoms with E-state index in [0.717, 1.165) is 5.56 Å². The number of carbonyl (C=O) groups excluding carboxylic acids is 1. The van der Waals surface area contributed by atoms with Crippen LogP contribution < -0.4 is 0 Å². The van der Waals surface area contributed by atoms with Crippen LogP contribution in [-0.4, -0.2) is 5.78 Å². The first-order valence-electron chi connectivity index (χ1n) is 5.78. The minimum Gasteiger partial charge on any atom is -0.294 e. The van der Waals surface area contributed by atoms with Gasteiger partial charge in [-0.05, 0) is 17.5 Å². The Morgan fingerprint density at radius 1 is 1.27 bits per heavy atom. The van der Waals surface area contributed by atoms with E-state index in [1.54, 1.807) is 0 Å². The summed E-state index contributed by atoms with van der Waals surface area (Å²) in [6.07, 6.45) is 0.585. The van der Waals surface area contributed by atoms with Gasteiger partial charge in [0.1, 0.15) is 0 Å². The van der Waals surface area contributed by atoms with Crippen molar-refractivity contribution in [3.8, 4) is 0 Å². The summed E-state index contributed by atoms with van der Waals surface area (Å²) in [5.74, 6) is 0.715. The zero-order chi connectivity index (χ0) is 11.8. The SMILES string of the molecule is CC.CCC(=O)c1cccc(C(C)C)c1. The van der Waals surface area contributed by atoms with Gasteiger partial charge in [0.15, 0.2) is 5.78 Å². The average Bonchev–Trinajstić information content (AvgIpc) is 2.30. The maximum Gasteiger partial charge on any atom is 0.162 e. The lowest BCUT2D eigenvalue weighted by molar-refractivity contribution is 0.0988. The zero-order valence-electron chi connectivity index (χ0n) is 10.5. The number of carbonyl (C=O) groups is 1.